The minimum absolute atomic E-state index is 0.116. The molecule has 0 radical (unpaired) electrons. The van der Waals surface area contributed by atoms with Gasteiger partial charge < -0.3 is 5.11 Å². The molecule has 0 aliphatic heterocycles. The van der Waals surface area contributed by atoms with Crippen LogP contribution in [-0.2, 0) is 0 Å². The maximum Gasteiger partial charge on any atom is 0.335 e. The number of carboxylic acids is 1. The Morgan fingerprint density at radius 3 is 2.21 bits per heavy atom. The van der Waals surface area contributed by atoms with Crippen LogP contribution in [0.15, 0.2) is 30.3 Å². The summed E-state index contributed by atoms with van der Waals surface area (Å²) < 4.78 is 13.8. The standard InChI is InChI=1S/C14H9Cl2FO2/c1-7-12(4-9(14(18)19)5-13(7)17)8-2-10(15)6-11(16)3-8/h2-6H,1H3,(H,18,19). The quantitative estimate of drug-likeness (QED) is 0.864. The first-order valence-corrected chi connectivity index (χ1v) is 6.14. The zero-order chi connectivity index (χ0) is 14.2. The molecule has 0 heterocycles. The lowest BCUT2D eigenvalue weighted by atomic mass is 9.97. The fraction of sp³-hybridized carbons (Fsp3) is 0.0714. The Bertz CT molecular complexity index is 648. The van der Waals surface area contributed by atoms with Gasteiger partial charge in [-0.25, -0.2) is 9.18 Å². The average Bonchev–Trinajstić information content (AvgIpc) is 2.30. The van der Waals surface area contributed by atoms with E-state index in [1.165, 1.54) is 6.07 Å². The highest BCUT2D eigenvalue weighted by molar-refractivity contribution is 6.35. The van der Waals surface area contributed by atoms with Crippen LogP contribution < -0.4 is 0 Å². The second-order valence-corrected chi connectivity index (χ2v) is 4.97. The third-order valence-electron chi connectivity index (χ3n) is 2.76. The Labute approximate surface area is 119 Å². The van der Waals surface area contributed by atoms with Gasteiger partial charge in [0.1, 0.15) is 5.82 Å². The molecular formula is C14H9Cl2FO2. The number of carboxylic acid groups (broad SMARTS) is 1. The zero-order valence-electron chi connectivity index (χ0n) is 9.88. The molecule has 19 heavy (non-hydrogen) atoms. The first kappa shape index (κ1) is 13.8. The predicted octanol–water partition coefficient (Wildman–Crippen LogP) is 4.81. The Kier molecular flexibility index (Phi) is 3.78. The van der Waals surface area contributed by atoms with E-state index in [1.807, 2.05) is 0 Å². The van der Waals surface area contributed by atoms with Gasteiger partial charge in [0.05, 0.1) is 5.56 Å². The van der Waals surface area contributed by atoms with Crippen molar-refractivity contribution in [3.8, 4) is 11.1 Å². The fourth-order valence-electron chi connectivity index (χ4n) is 1.81. The van der Waals surface area contributed by atoms with Crippen molar-refractivity contribution >= 4 is 29.2 Å². The Morgan fingerprint density at radius 2 is 1.68 bits per heavy atom. The maximum atomic E-state index is 13.8. The largest absolute Gasteiger partial charge is 0.478 e. The molecule has 2 aromatic rings. The molecular weight excluding hydrogens is 290 g/mol. The van der Waals surface area contributed by atoms with Gasteiger partial charge in [-0.05, 0) is 53.9 Å². The predicted molar refractivity (Wildman–Crippen MR) is 73.6 cm³/mol. The van der Waals surface area contributed by atoms with E-state index in [-0.39, 0.29) is 5.56 Å². The van der Waals surface area contributed by atoms with Gasteiger partial charge in [-0.2, -0.15) is 0 Å². The van der Waals surface area contributed by atoms with Gasteiger partial charge in [0, 0.05) is 10.0 Å². The highest BCUT2D eigenvalue weighted by Crippen LogP contribution is 2.31. The smallest absolute Gasteiger partial charge is 0.335 e. The van der Waals surface area contributed by atoms with Crippen LogP contribution in [0.5, 0.6) is 0 Å². The van der Waals surface area contributed by atoms with Crippen LogP contribution in [0.1, 0.15) is 15.9 Å². The van der Waals surface area contributed by atoms with Gasteiger partial charge in [-0.3, -0.25) is 0 Å². The van der Waals surface area contributed by atoms with E-state index in [0.29, 0.717) is 26.7 Å². The molecule has 0 aromatic heterocycles. The van der Waals surface area contributed by atoms with E-state index in [0.717, 1.165) is 6.07 Å². The highest BCUT2D eigenvalue weighted by atomic mass is 35.5. The number of benzene rings is 2. The zero-order valence-corrected chi connectivity index (χ0v) is 11.4. The number of hydrogen-bond acceptors (Lipinski definition) is 1. The summed E-state index contributed by atoms with van der Waals surface area (Å²) in [6.07, 6.45) is 0. The number of aromatic carboxylic acids is 1. The van der Waals surface area contributed by atoms with Gasteiger partial charge >= 0.3 is 5.97 Å². The number of hydrogen-bond donors (Lipinski definition) is 1. The van der Waals surface area contributed by atoms with E-state index in [4.69, 9.17) is 28.3 Å². The number of rotatable bonds is 2. The lowest BCUT2D eigenvalue weighted by molar-refractivity contribution is 0.0696. The summed E-state index contributed by atoms with van der Waals surface area (Å²) in [6, 6.07) is 7.18. The minimum atomic E-state index is -1.19. The highest BCUT2D eigenvalue weighted by Gasteiger charge is 2.13. The molecule has 0 saturated heterocycles. The number of halogens is 3. The molecule has 0 bridgehead atoms. The third kappa shape index (κ3) is 2.88. The summed E-state index contributed by atoms with van der Waals surface area (Å²) in [6.45, 7) is 1.57. The Hall–Kier alpha value is -1.58. The second kappa shape index (κ2) is 5.19. The van der Waals surface area contributed by atoms with E-state index in [2.05, 4.69) is 0 Å². The van der Waals surface area contributed by atoms with E-state index < -0.39 is 11.8 Å². The molecule has 0 fully saturated rings. The van der Waals surface area contributed by atoms with Crippen molar-refractivity contribution in [2.75, 3.05) is 0 Å². The molecule has 0 atom stereocenters. The lowest BCUT2D eigenvalue weighted by Gasteiger charge is -2.10. The summed E-state index contributed by atoms with van der Waals surface area (Å²) in [7, 11) is 0. The first-order chi connectivity index (χ1) is 8.88. The first-order valence-electron chi connectivity index (χ1n) is 5.38. The summed E-state index contributed by atoms with van der Waals surface area (Å²) in [4.78, 5) is 11.0. The van der Waals surface area contributed by atoms with Crippen LogP contribution in [-0.4, -0.2) is 11.1 Å². The van der Waals surface area contributed by atoms with Crippen LogP contribution in [0.3, 0.4) is 0 Å². The third-order valence-corrected chi connectivity index (χ3v) is 3.20. The van der Waals surface area contributed by atoms with Gasteiger partial charge in [0.15, 0.2) is 0 Å². The summed E-state index contributed by atoms with van der Waals surface area (Å²) in [5.41, 5.74) is 1.27. The van der Waals surface area contributed by atoms with Crippen molar-refractivity contribution < 1.29 is 14.3 Å². The summed E-state index contributed by atoms with van der Waals surface area (Å²) >= 11 is 11.8. The van der Waals surface area contributed by atoms with Crippen molar-refractivity contribution in [1.29, 1.82) is 0 Å². The second-order valence-electron chi connectivity index (χ2n) is 4.09. The van der Waals surface area contributed by atoms with Crippen molar-refractivity contribution in [3.05, 3.63) is 57.3 Å². The molecule has 98 valence electrons. The Balaban J connectivity index is 2.70. The van der Waals surface area contributed by atoms with Crippen molar-refractivity contribution in [2.24, 2.45) is 0 Å². The van der Waals surface area contributed by atoms with Gasteiger partial charge in [0.2, 0.25) is 0 Å². The summed E-state index contributed by atoms with van der Waals surface area (Å²) in [5, 5.41) is 9.77. The van der Waals surface area contributed by atoms with Crippen LogP contribution in [0.4, 0.5) is 4.39 Å². The van der Waals surface area contributed by atoms with E-state index in [1.54, 1.807) is 25.1 Å². The molecule has 0 saturated carbocycles. The van der Waals surface area contributed by atoms with Crippen molar-refractivity contribution in [1.82, 2.24) is 0 Å². The normalized spacial score (nSPS) is 10.5. The molecule has 0 aliphatic rings. The van der Waals surface area contributed by atoms with Gasteiger partial charge in [0.25, 0.3) is 0 Å². The molecule has 0 unspecified atom stereocenters. The molecule has 2 nitrogen and oxygen atoms in total. The van der Waals surface area contributed by atoms with Crippen molar-refractivity contribution in [3.63, 3.8) is 0 Å². The maximum absolute atomic E-state index is 13.8. The van der Waals surface area contributed by atoms with Gasteiger partial charge in [-0.1, -0.05) is 23.2 Å². The topological polar surface area (TPSA) is 37.3 Å². The molecule has 0 aliphatic carbocycles. The van der Waals surface area contributed by atoms with Crippen LogP contribution in [0, 0.1) is 12.7 Å². The number of carbonyl (C=O) groups is 1. The average molecular weight is 299 g/mol. The molecule has 0 amide bonds. The summed E-state index contributed by atoms with van der Waals surface area (Å²) in [5.74, 6) is -1.76. The molecule has 2 aromatic carbocycles. The Morgan fingerprint density at radius 1 is 1.11 bits per heavy atom. The fourth-order valence-corrected chi connectivity index (χ4v) is 2.34. The van der Waals surface area contributed by atoms with Crippen LogP contribution in [0.2, 0.25) is 10.0 Å². The molecule has 1 N–H and O–H groups in total. The van der Waals surface area contributed by atoms with Crippen LogP contribution >= 0.6 is 23.2 Å². The lowest BCUT2D eigenvalue weighted by Crippen LogP contribution is -2.00. The monoisotopic (exact) mass is 298 g/mol. The molecule has 5 heteroatoms. The van der Waals surface area contributed by atoms with E-state index >= 15 is 0 Å². The molecule has 0 spiro atoms. The van der Waals surface area contributed by atoms with E-state index in [9.17, 15) is 9.18 Å². The van der Waals surface area contributed by atoms with Crippen LogP contribution in [0.25, 0.3) is 11.1 Å². The molecule has 2 rings (SSSR count). The SMILES string of the molecule is Cc1c(F)cc(C(=O)O)cc1-c1cc(Cl)cc(Cl)c1. The minimum Gasteiger partial charge on any atom is -0.478 e. The van der Waals surface area contributed by atoms with Crippen molar-refractivity contribution in [2.45, 2.75) is 6.92 Å². The van der Waals surface area contributed by atoms with Gasteiger partial charge in [-0.15, -0.1) is 0 Å².